The minimum atomic E-state index is 0. The number of carbonyl (C=O) groups is 1. The Morgan fingerprint density at radius 3 is 2.53 bits per heavy atom. The molecule has 100 valence electrons. The average molecular weight is 261 g/mol. The number of likely N-dealkylation sites (tertiary alicyclic amines) is 1. The molecule has 1 N–H and O–H groups in total. The fourth-order valence-electron chi connectivity index (χ4n) is 3.04. The van der Waals surface area contributed by atoms with Gasteiger partial charge in [-0.1, -0.05) is 13.8 Å². The molecule has 4 heteroatoms. The maximum atomic E-state index is 12.3. The highest BCUT2D eigenvalue weighted by molar-refractivity contribution is 5.85. The zero-order chi connectivity index (χ0) is 11.5. The molecule has 2 aliphatic heterocycles. The summed E-state index contributed by atoms with van der Waals surface area (Å²) in [6.07, 6.45) is 5.65. The molecule has 0 aliphatic carbocycles. The molecule has 0 saturated carbocycles. The van der Waals surface area contributed by atoms with Crippen LogP contribution < -0.4 is 5.32 Å². The molecule has 17 heavy (non-hydrogen) atoms. The number of halogens is 1. The summed E-state index contributed by atoms with van der Waals surface area (Å²) in [4.78, 5) is 14.4. The Kier molecular flexibility index (Phi) is 5.74. The Morgan fingerprint density at radius 1 is 1.24 bits per heavy atom. The van der Waals surface area contributed by atoms with Gasteiger partial charge < -0.3 is 10.2 Å². The lowest BCUT2D eigenvalue weighted by Gasteiger charge is -2.27. The van der Waals surface area contributed by atoms with Crippen molar-refractivity contribution in [1.82, 2.24) is 10.2 Å². The Labute approximate surface area is 111 Å². The molecule has 2 saturated heterocycles. The SMILES string of the molecule is CCC(CC)C(=O)N1CCC2CCC(C1)N2.Cl. The van der Waals surface area contributed by atoms with E-state index in [4.69, 9.17) is 0 Å². The lowest BCUT2D eigenvalue weighted by molar-refractivity contribution is -0.136. The van der Waals surface area contributed by atoms with E-state index < -0.39 is 0 Å². The summed E-state index contributed by atoms with van der Waals surface area (Å²) < 4.78 is 0. The van der Waals surface area contributed by atoms with Crippen LogP contribution in [0.5, 0.6) is 0 Å². The summed E-state index contributed by atoms with van der Waals surface area (Å²) in [6, 6.07) is 1.23. The van der Waals surface area contributed by atoms with Crippen molar-refractivity contribution in [1.29, 1.82) is 0 Å². The highest BCUT2D eigenvalue weighted by atomic mass is 35.5. The van der Waals surface area contributed by atoms with Gasteiger partial charge in [0.1, 0.15) is 0 Å². The molecule has 0 aromatic carbocycles. The Hall–Kier alpha value is -0.280. The largest absolute Gasteiger partial charge is 0.341 e. The third-order valence-electron chi connectivity index (χ3n) is 4.17. The smallest absolute Gasteiger partial charge is 0.225 e. The highest BCUT2D eigenvalue weighted by Gasteiger charge is 2.32. The zero-order valence-electron chi connectivity index (χ0n) is 10.9. The minimum absolute atomic E-state index is 0. The summed E-state index contributed by atoms with van der Waals surface area (Å²) in [5.41, 5.74) is 0. The molecule has 2 rings (SSSR count). The van der Waals surface area contributed by atoms with E-state index >= 15 is 0 Å². The van der Waals surface area contributed by atoms with Crippen LogP contribution >= 0.6 is 12.4 Å². The first-order valence-corrected chi connectivity index (χ1v) is 6.79. The average Bonchev–Trinajstić information content (AvgIpc) is 2.60. The first-order chi connectivity index (χ1) is 7.74. The summed E-state index contributed by atoms with van der Waals surface area (Å²) in [5, 5.41) is 3.62. The molecule has 0 aromatic heterocycles. The molecule has 2 heterocycles. The summed E-state index contributed by atoms with van der Waals surface area (Å²) >= 11 is 0. The van der Waals surface area contributed by atoms with Crippen molar-refractivity contribution in [3.05, 3.63) is 0 Å². The van der Waals surface area contributed by atoms with Gasteiger partial charge >= 0.3 is 0 Å². The molecule has 2 aliphatic rings. The van der Waals surface area contributed by atoms with Crippen molar-refractivity contribution in [3.63, 3.8) is 0 Å². The van der Waals surface area contributed by atoms with E-state index in [9.17, 15) is 4.79 Å². The lowest BCUT2D eigenvalue weighted by atomic mass is 10.0. The zero-order valence-corrected chi connectivity index (χ0v) is 11.8. The molecule has 2 unspecified atom stereocenters. The van der Waals surface area contributed by atoms with Gasteiger partial charge in [0.25, 0.3) is 0 Å². The van der Waals surface area contributed by atoms with E-state index in [-0.39, 0.29) is 18.3 Å². The van der Waals surface area contributed by atoms with Crippen LogP contribution in [0.4, 0.5) is 0 Å². The van der Waals surface area contributed by atoms with Crippen LogP contribution in [-0.2, 0) is 4.79 Å². The number of nitrogens with zero attached hydrogens (tertiary/aromatic N) is 1. The molecular weight excluding hydrogens is 236 g/mol. The topological polar surface area (TPSA) is 32.3 Å². The second-order valence-corrected chi connectivity index (χ2v) is 5.22. The number of rotatable bonds is 3. The summed E-state index contributed by atoms with van der Waals surface area (Å²) in [7, 11) is 0. The second kappa shape index (κ2) is 6.60. The van der Waals surface area contributed by atoms with Crippen LogP contribution in [0.3, 0.4) is 0 Å². The van der Waals surface area contributed by atoms with E-state index in [0.717, 1.165) is 32.4 Å². The summed E-state index contributed by atoms with van der Waals surface area (Å²) in [6.45, 7) is 6.14. The number of nitrogens with one attached hydrogen (secondary N) is 1. The van der Waals surface area contributed by atoms with Crippen molar-refractivity contribution >= 4 is 18.3 Å². The molecule has 0 spiro atoms. The standard InChI is InChI=1S/C13H24N2O.ClH/c1-3-10(4-2)13(16)15-8-7-11-5-6-12(9-15)14-11;/h10-12,14H,3-9H2,1-2H3;1H. The molecule has 3 nitrogen and oxygen atoms in total. The van der Waals surface area contributed by atoms with E-state index in [1.807, 2.05) is 0 Å². The molecule has 2 atom stereocenters. The molecule has 2 bridgehead atoms. The van der Waals surface area contributed by atoms with Crippen LogP contribution in [-0.4, -0.2) is 36.0 Å². The van der Waals surface area contributed by atoms with E-state index in [2.05, 4.69) is 24.1 Å². The van der Waals surface area contributed by atoms with Crippen LogP contribution in [0.15, 0.2) is 0 Å². The molecular formula is C13H25ClN2O. The van der Waals surface area contributed by atoms with Gasteiger partial charge in [-0.2, -0.15) is 0 Å². The fraction of sp³-hybridized carbons (Fsp3) is 0.923. The van der Waals surface area contributed by atoms with Gasteiger partial charge in [0, 0.05) is 31.1 Å². The third kappa shape index (κ3) is 3.35. The lowest BCUT2D eigenvalue weighted by Crippen LogP contribution is -2.41. The van der Waals surface area contributed by atoms with Crippen molar-refractivity contribution in [2.24, 2.45) is 5.92 Å². The van der Waals surface area contributed by atoms with E-state index in [1.54, 1.807) is 0 Å². The van der Waals surface area contributed by atoms with Crippen molar-refractivity contribution in [3.8, 4) is 0 Å². The van der Waals surface area contributed by atoms with Crippen molar-refractivity contribution in [2.45, 2.75) is 58.0 Å². The van der Waals surface area contributed by atoms with Crippen molar-refractivity contribution in [2.75, 3.05) is 13.1 Å². The third-order valence-corrected chi connectivity index (χ3v) is 4.17. The van der Waals surface area contributed by atoms with Crippen LogP contribution in [0.25, 0.3) is 0 Å². The first kappa shape index (κ1) is 14.8. The predicted molar refractivity (Wildman–Crippen MR) is 72.5 cm³/mol. The Morgan fingerprint density at radius 2 is 1.88 bits per heavy atom. The Bertz CT molecular complexity index is 256. The monoisotopic (exact) mass is 260 g/mol. The van der Waals surface area contributed by atoms with Crippen LogP contribution in [0.2, 0.25) is 0 Å². The molecule has 1 amide bonds. The van der Waals surface area contributed by atoms with Gasteiger partial charge in [0.15, 0.2) is 0 Å². The fourth-order valence-corrected chi connectivity index (χ4v) is 3.04. The number of amides is 1. The van der Waals surface area contributed by atoms with Gasteiger partial charge in [-0.3, -0.25) is 4.79 Å². The minimum Gasteiger partial charge on any atom is -0.341 e. The molecule has 0 aromatic rings. The number of carbonyl (C=O) groups excluding carboxylic acids is 1. The normalized spacial score (nSPS) is 27.8. The number of hydrogen-bond acceptors (Lipinski definition) is 2. The second-order valence-electron chi connectivity index (χ2n) is 5.22. The Balaban J connectivity index is 0.00000144. The van der Waals surface area contributed by atoms with Gasteiger partial charge in [-0.05, 0) is 32.1 Å². The van der Waals surface area contributed by atoms with Crippen LogP contribution in [0.1, 0.15) is 46.0 Å². The van der Waals surface area contributed by atoms with Gasteiger partial charge in [0.2, 0.25) is 5.91 Å². The summed E-state index contributed by atoms with van der Waals surface area (Å²) in [5.74, 6) is 0.635. The van der Waals surface area contributed by atoms with Gasteiger partial charge in [-0.25, -0.2) is 0 Å². The van der Waals surface area contributed by atoms with Crippen LogP contribution in [0, 0.1) is 5.92 Å². The maximum Gasteiger partial charge on any atom is 0.225 e. The van der Waals surface area contributed by atoms with Gasteiger partial charge in [0.05, 0.1) is 0 Å². The number of hydrogen-bond donors (Lipinski definition) is 1. The highest BCUT2D eigenvalue weighted by Crippen LogP contribution is 2.22. The van der Waals surface area contributed by atoms with E-state index in [0.29, 0.717) is 18.0 Å². The van der Waals surface area contributed by atoms with E-state index in [1.165, 1.54) is 12.8 Å². The predicted octanol–water partition coefficient (Wildman–Crippen LogP) is 2.20. The quantitative estimate of drug-likeness (QED) is 0.844. The van der Waals surface area contributed by atoms with Crippen molar-refractivity contribution < 1.29 is 4.79 Å². The maximum absolute atomic E-state index is 12.3. The molecule has 0 radical (unpaired) electrons. The number of fused-ring (bicyclic) bond motifs is 2. The van der Waals surface area contributed by atoms with Gasteiger partial charge in [-0.15, -0.1) is 12.4 Å². The molecule has 2 fully saturated rings. The first-order valence-electron chi connectivity index (χ1n) is 6.79.